The molecule has 4 heteroatoms. The number of rotatable bonds is 4. The molecule has 0 spiro atoms. The first-order valence-electron chi connectivity index (χ1n) is 7.76. The van der Waals surface area contributed by atoms with E-state index in [-0.39, 0.29) is 11.7 Å². The minimum atomic E-state index is -0.796. The van der Waals surface area contributed by atoms with Gasteiger partial charge in [-0.15, -0.1) is 0 Å². The minimum Gasteiger partial charge on any atom is -0.390 e. The van der Waals surface area contributed by atoms with E-state index in [2.05, 4.69) is 4.90 Å². The second-order valence-corrected chi connectivity index (χ2v) is 6.59. The van der Waals surface area contributed by atoms with Gasteiger partial charge in [0, 0.05) is 18.7 Å². The summed E-state index contributed by atoms with van der Waals surface area (Å²) < 4.78 is 13.7. The molecule has 3 unspecified atom stereocenters. The van der Waals surface area contributed by atoms with Gasteiger partial charge in [-0.3, -0.25) is 0 Å². The highest BCUT2D eigenvalue weighted by atomic mass is 19.1. The topological polar surface area (TPSA) is 43.7 Å². The molecule has 2 rings (SSSR count). The number of nitrogens with zero attached hydrogens (tertiary/aromatic N) is 1. The second-order valence-electron chi connectivity index (χ2n) is 6.59. The number of halogens is 1. The lowest BCUT2D eigenvalue weighted by Gasteiger charge is -2.28. The first kappa shape index (κ1) is 16.4. The Hall–Kier alpha value is -0.970. The van der Waals surface area contributed by atoms with Crippen molar-refractivity contribution in [3.63, 3.8) is 0 Å². The van der Waals surface area contributed by atoms with E-state index in [0.717, 1.165) is 32.4 Å². The molecule has 0 aliphatic carbocycles. The summed E-state index contributed by atoms with van der Waals surface area (Å²) in [6.07, 6.45) is 1.72. The Kier molecular flexibility index (Phi) is 5.36. The van der Waals surface area contributed by atoms with E-state index < -0.39 is 11.7 Å². The van der Waals surface area contributed by atoms with Crippen LogP contribution in [0, 0.1) is 11.7 Å². The number of aliphatic hydroxyl groups excluding tert-OH is 1. The van der Waals surface area contributed by atoms with E-state index in [4.69, 9.17) is 0 Å². The number of hydrogen-bond donors (Lipinski definition) is 2. The summed E-state index contributed by atoms with van der Waals surface area (Å²) in [5, 5.41) is 20.5. The van der Waals surface area contributed by atoms with E-state index >= 15 is 0 Å². The molecule has 3 nitrogen and oxygen atoms in total. The average molecular weight is 295 g/mol. The maximum atomic E-state index is 13.7. The van der Waals surface area contributed by atoms with E-state index in [1.807, 2.05) is 13.8 Å². The molecular formula is C17H26FNO2. The molecular weight excluding hydrogens is 269 g/mol. The van der Waals surface area contributed by atoms with Crippen molar-refractivity contribution in [3.8, 4) is 0 Å². The lowest BCUT2D eigenvalue weighted by molar-refractivity contribution is 0.0419. The van der Waals surface area contributed by atoms with Crippen LogP contribution in [0.1, 0.15) is 44.8 Å². The monoisotopic (exact) mass is 295 g/mol. The summed E-state index contributed by atoms with van der Waals surface area (Å²) in [7, 11) is 0. The highest BCUT2D eigenvalue weighted by Gasteiger charge is 2.27. The predicted octanol–water partition coefficient (Wildman–Crippen LogP) is 2.73. The fourth-order valence-electron chi connectivity index (χ4n) is 3.03. The molecule has 3 atom stereocenters. The molecule has 0 aromatic heterocycles. The molecule has 1 heterocycles. The van der Waals surface area contributed by atoms with Crippen LogP contribution in [0.3, 0.4) is 0 Å². The minimum absolute atomic E-state index is 0.0510. The number of hydrogen-bond acceptors (Lipinski definition) is 3. The third-order valence-electron chi connectivity index (χ3n) is 4.47. The lowest BCUT2D eigenvalue weighted by Crippen LogP contribution is -2.33. The van der Waals surface area contributed by atoms with E-state index in [9.17, 15) is 14.6 Å². The van der Waals surface area contributed by atoms with Crippen LogP contribution >= 0.6 is 0 Å². The van der Waals surface area contributed by atoms with Crippen molar-refractivity contribution in [1.29, 1.82) is 0 Å². The summed E-state index contributed by atoms with van der Waals surface area (Å²) in [4.78, 5) is 2.26. The first-order chi connectivity index (χ1) is 9.89. The molecule has 118 valence electrons. The maximum absolute atomic E-state index is 13.7. The molecule has 0 saturated carbocycles. The third kappa shape index (κ3) is 4.50. The smallest absolute Gasteiger partial charge is 0.129 e. The van der Waals surface area contributed by atoms with Gasteiger partial charge in [-0.25, -0.2) is 4.39 Å². The van der Waals surface area contributed by atoms with Crippen molar-refractivity contribution in [2.45, 2.75) is 44.8 Å². The van der Waals surface area contributed by atoms with Crippen LogP contribution in [-0.2, 0) is 0 Å². The van der Waals surface area contributed by atoms with Crippen LogP contribution in [-0.4, -0.2) is 40.3 Å². The molecule has 0 radical (unpaired) electrons. The molecule has 1 aliphatic rings. The Morgan fingerprint density at radius 1 is 1.29 bits per heavy atom. The van der Waals surface area contributed by atoms with Crippen LogP contribution in [0.5, 0.6) is 0 Å². The van der Waals surface area contributed by atoms with Crippen LogP contribution in [0.25, 0.3) is 0 Å². The first-order valence-corrected chi connectivity index (χ1v) is 7.76. The van der Waals surface area contributed by atoms with Gasteiger partial charge in [-0.05, 0) is 44.7 Å². The van der Waals surface area contributed by atoms with E-state index in [1.165, 1.54) is 6.07 Å². The summed E-state index contributed by atoms with van der Waals surface area (Å²) in [6, 6.07) is 6.41. The van der Waals surface area contributed by atoms with Crippen LogP contribution in [0.4, 0.5) is 4.39 Å². The summed E-state index contributed by atoms with van der Waals surface area (Å²) in [5.41, 5.74) is -0.214. The summed E-state index contributed by atoms with van der Waals surface area (Å²) in [5.74, 6) is -0.402. The molecule has 2 N–H and O–H groups in total. The van der Waals surface area contributed by atoms with Gasteiger partial charge in [-0.2, -0.15) is 0 Å². The molecule has 1 aliphatic heterocycles. The Morgan fingerprint density at radius 2 is 2.00 bits per heavy atom. The van der Waals surface area contributed by atoms with Gasteiger partial charge in [0.25, 0.3) is 0 Å². The molecule has 1 aromatic rings. The van der Waals surface area contributed by atoms with Crippen molar-refractivity contribution in [2.24, 2.45) is 5.92 Å². The van der Waals surface area contributed by atoms with Gasteiger partial charge in [0.05, 0.1) is 11.7 Å². The Labute approximate surface area is 126 Å². The van der Waals surface area contributed by atoms with Gasteiger partial charge in [-0.1, -0.05) is 25.1 Å². The predicted molar refractivity (Wildman–Crippen MR) is 81.4 cm³/mol. The van der Waals surface area contributed by atoms with Crippen LogP contribution < -0.4 is 0 Å². The van der Waals surface area contributed by atoms with Gasteiger partial charge in [0.2, 0.25) is 0 Å². The van der Waals surface area contributed by atoms with Gasteiger partial charge < -0.3 is 15.1 Å². The number of benzene rings is 1. The van der Waals surface area contributed by atoms with Crippen molar-refractivity contribution < 1.29 is 14.6 Å². The molecule has 0 bridgehead atoms. The highest BCUT2D eigenvalue weighted by molar-refractivity contribution is 5.20. The average Bonchev–Trinajstić information content (AvgIpc) is 2.60. The largest absolute Gasteiger partial charge is 0.390 e. The molecule has 1 saturated heterocycles. The lowest BCUT2D eigenvalue weighted by atomic mass is 9.96. The Bertz CT molecular complexity index is 464. The fraction of sp³-hybridized carbons (Fsp3) is 0.647. The number of likely N-dealkylation sites (tertiary alicyclic amines) is 1. The zero-order valence-electron chi connectivity index (χ0n) is 12.9. The highest BCUT2D eigenvalue weighted by Crippen LogP contribution is 2.27. The summed E-state index contributed by atoms with van der Waals surface area (Å²) in [6.45, 7) is 6.28. The SMILES string of the molecule is CC(CN1CCCC(C)(O)CC1)C(O)c1ccccc1F. The van der Waals surface area contributed by atoms with Gasteiger partial charge in [0.15, 0.2) is 0 Å². The molecule has 1 fully saturated rings. The summed E-state index contributed by atoms with van der Waals surface area (Å²) >= 11 is 0. The Balaban J connectivity index is 1.95. The quantitative estimate of drug-likeness (QED) is 0.897. The van der Waals surface area contributed by atoms with Crippen molar-refractivity contribution in [3.05, 3.63) is 35.6 Å². The zero-order chi connectivity index (χ0) is 15.5. The second kappa shape index (κ2) is 6.86. The van der Waals surface area contributed by atoms with Crippen molar-refractivity contribution >= 4 is 0 Å². The van der Waals surface area contributed by atoms with Crippen LogP contribution in [0.15, 0.2) is 24.3 Å². The van der Waals surface area contributed by atoms with E-state index in [1.54, 1.807) is 18.2 Å². The normalized spacial score (nSPS) is 27.1. The van der Waals surface area contributed by atoms with Gasteiger partial charge in [0.1, 0.15) is 5.82 Å². The van der Waals surface area contributed by atoms with Crippen LogP contribution in [0.2, 0.25) is 0 Å². The van der Waals surface area contributed by atoms with Gasteiger partial charge >= 0.3 is 0 Å². The zero-order valence-corrected chi connectivity index (χ0v) is 12.9. The molecule has 21 heavy (non-hydrogen) atoms. The maximum Gasteiger partial charge on any atom is 0.129 e. The standard InChI is InChI=1S/C17H26FNO2/c1-13(16(20)14-6-3-4-7-15(14)18)12-19-10-5-8-17(2,21)9-11-19/h3-4,6-7,13,16,20-21H,5,8-12H2,1-2H3. The van der Waals surface area contributed by atoms with Crippen molar-refractivity contribution in [1.82, 2.24) is 4.90 Å². The third-order valence-corrected chi connectivity index (χ3v) is 4.47. The fourth-order valence-corrected chi connectivity index (χ4v) is 3.03. The number of aliphatic hydroxyl groups is 2. The van der Waals surface area contributed by atoms with E-state index in [0.29, 0.717) is 12.1 Å². The molecule has 1 aromatic carbocycles. The molecule has 0 amide bonds. The Morgan fingerprint density at radius 3 is 2.71 bits per heavy atom. The van der Waals surface area contributed by atoms with Crippen molar-refractivity contribution in [2.75, 3.05) is 19.6 Å².